The van der Waals surface area contributed by atoms with Gasteiger partial charge in [0, 0.05) is 19.5 Å². The third kappa shape index (κ3) is 14.1. The van der Waals surface area contributed by atoms with Crippen LogP contribution in [0.15, 0.2) is 24.3 Å². The predicted octanol–water partition coefficient (Wildman–Crippen LogP) is 3.58. The van der Waals surface area contributed by atoms with Crippen molar-refractivity contribution in [1.29, 1.82) is 0 Å². The van der Waals surface area contributed by atoms with Crippen molar-refractivity contribution in [2.45, 2.75) is 33.6 Å². The van der Waals surface area contributed by atoms with Gasteiger partial charge in [-0.05, 0) is 38.2 Å². The average Bonchev–Trinajstić information content (AvgIpc) is 2.58. The number of alkyl halides is 1. The average molecular weight is 345 g/mol. The Hall–Kier alpha value is -1.26. The number of hydrogen-bond acceptors (Lipinski definition) is 3. The second kappa shape index (κ2) is 17.1. The molecular weight excluding hydrogens is 312 g/mol. The van der Waals surface area contributed by atoms with Crippen molar-refractivity contribution in [3.05, 3.63) is 29.8 Å². The van der Waals surface area contributed by atoms with Gasteiger partial charge in [-0.25, -0.2) is 0 Å². The number of nitrogens with one attached hydrogen (secondary N) is 1. The Morgan fingerprint density at radius 3 is 2.22 bits per heavy atom. The molecule has 0 saturated heterocycles. The minimum absolute atomic E-state index is 0.0700. The van der Waals surface area contributed by atoms with E-state index >= 15 is 0 Å². The summed E-state index contributed by atoms with van der Waals surface area (Å²) in [4.78, 5) is 13.5. The maximum absolute atomic E-state index is 11.5. The summed E-state index contributed by atoms with van der Waals surface area (Å²) >= 11 is 4.64. The first-order chi connectivity index (χ1) is 11.1. The number of likely N-dealkylation sites (N-methyl/N-ethyl adjacent to an activating group) is 1. The van der Waals surface area contributed by atoms with Crippen LogP contribution in [0.5, 0.6) is 5.75 Å². The minimum atomic E-state index is -0.0838. The maximum Gasteiger partial charge on any atom is 0.257 e. The number of ether oxygens (including phenoxy) is 1. The molecule has 0 spiro atoms. The van der Waals surface area contributed by atoms with Crippen LogP contribution in [0.3, 0.4) is 0 Å². The van der Waals surface area contributed by atoms with Crippen LogP contribution in [-0.2, 0) is 11.2 Å². The summed E-state index contributed by atoms with van der Waals surface area (Å²) in [6, 6.07) is 7.92. The Labute approximate surface area is 147 Å². The molecule has 0 saturated carbocycles. The second-order valence-electron chi connectivity index (χ2n) is 4.84. The molecule has 23 heavy (non-hydrogen) atoms. The van der Waals surface area contributed by atoms with E-state index in [1.165, 1.54) is 11.9 Å². The number of benzene rings is 1. The highest BCUT2D eigenvalue weighted by Gasteiger charge is 2.02. The first-order valence-corrected chi connectivity index (χ1v) is 8.88. The zero-order valence-electron chi connectivity index (χ0n) is 15.5. The molecule has 4 nitrogen and oxygen atoms in total. The molecule has 134 valence electrons. The van der Waals surface area contributed by atoms with Crippen LogP contribution >= 0.6 is 11.6 Å². The first-order valence-electron chi connectivity index (χ1n) is 8.12. The number of amides is 1. The van der Waals surface area contributed by atoms with Crippen molar-refractivity contribution < 1.29 is 9.53 Å². The molecule has 0 atom stereocenters. The van der Waals surface area contributed by atoms with Crippen molar-refractivity contribution in [2.75, 3.05) is 40.2 Å². The van der Waals surface area contributed by atoms with Gasteiger partial charge in [-0.2, -0.15) is 0 Å². The predicted molar refractivity (Wildman–Crippen MR) is 101 cm³/mol. The Bertz CT molecular complexity index is 381. The van der Waals surface area contributed by atoms with E-state index in [0.717, 1.165) is 25.1 Å². The second-order valence-corrected chi connectivity index (χ2v) is 4.84. The van der Waals surface area contributed by atoms with Crippen molar-refractivity contribution in [3.8, 4) is 5.75 Å². The van der Waals surface area contributed by atoms with Gasteiger partial charge in [0.15, 0.2) is 6.61 Å². The lowest BCUT2D eigenvalue weighted by Crippen LogP contribution is -2.34. The van der Waals surface area contributed by atoms with Gasteiger partial charge < -0.3 is 15.0 Å². The van der Waals surface area contributed by atoms with E-state index in [1.54, 1.807) is 0 Å². The van der Waals surface area contributed by atoms with Crippen molar-refractivity contribution in [3.63, 3.8) is 0 Å². The Morgan fingerprint density at radius 1 is 1.17 bits per heavy atom. The third-order valence-corrected chi connectivity index (χ3v) is 2.71. The van der Waals surface area contributed by atoms with E-state index in [9.17, 15) is 4.79 Å². The summed E-state index contributed by atoms with van der Waals surface area (Å²) in [6.07, 6.45) is 3.68. The van der Waals surface area contributed by atoms with Crippen LogP contribution in [0.1, 0.15) is 32.8 Å². The van der Waals surface area contributed by atoms with Crippen LogP contribution in [0.2, 0.25) is 0 Å². The smallest absolute Gasteiger partial charge is 0.257 e. The lowest BCUT2D eigenvalue weighted by molar-refractivity contribution is -0.123. The number of aryl methyl sites for hydroxylation is 1. The highest BCUT2D eigenvalue weighted by molar-refractivity contribution is 6.15. The van der Waals surface area contributed by atoms with E-state index in [0.29, 0.717) is 6.54 Å². The number of carbonyl (C=O) groups is 1. The maximum atomic E-state index is 11.5. The fourth-order valence-electron chi connectivity index (χ4n) is 1.66. The van der Waals surface area contributed by atoms with Crippen LogP contribution < -0.4 is 10.1 Å². The van der Waals surface area contributed by atoms with Gasteiger partial charge in [0.1, 0.15) is 5.75 Å². The molecule has 1 amide bonds. The SMILES string of the molecule is CC.CCCc1ccc(OCC(=O)NCCN(C)C)cc1.CCl. The molecule has 0 aliphatic carbocycles. The Balaban J connectivity index is 0. The van der Waals surface area contributed by atoms with Crippen molar-refractivity contribution >= 4 is 17.5 Å². The van der Waals surface area contributed by atoms with E-state index in [4.69, 9.17) is 4.74 Å². The van der Waals surface area contributed by atoms with Gasteiger partial charge in [0.05, 0.1) is 0 Å². The van der Waals surface area contributed by atoms with Crippen molar-refractivity contribution in [2.24, 2.45) is 0 Å². The number of rotatable bonds is 8. The largest absolute Gasteiger partial charge is 0.484 e. The van der Waals surface area contributed by atoms with E-state index in [-0.39, 0.29) is 12.5 Å². The topological polar surface area (TPSA) is 41.6 Å². The van der Waals surface area contributed by atoms with E-state index in [1.807, 2.05) is 57.1 Å². The van der Waals surface area contributed by atoms with Crippen LogP contribution in [0.25, 0.3) is 0 Å². The Morgan fingerprint density at radius 2 is 1.74 bits per heavy atom. The lowest BCUT2D eigenvalue weighted by atomic mass is 10.1. The fourth-order valence-corrected chi connectivity index (χ4v) is 1.66. The molecular formula is C18H33ClN2O2. The van der Waals surface area contributed by atoms with Gasteiger partial charge in [0.25, 0.3) is 5.91 Å². The molecule has 0 unspecified atom stereocenters. The molecule has 1 rings (SSSR count). The molecule has 1 N–H and O–H groups in total. The molecule has 0 aliphatic rings. The third-order valence-electron chi connectivity index (χ3n) is 2.71. The van der Waals surface area contributed by atoms with Crippen molar-refractivity contribution in [1.82, 2.24) is 10.2 Å². The number of halogens is 1. The lowest BCUT2D eigenvalue weighted by Gasteiger charge is -2.11. The van der Waals surface area contributed by atoms with E-state index < -0.39 is 0 Å². The Kier molecular flexibility index (Phi) is 17.8. The molecule has 0 heterocycles. The molecule has 0 radical (unpaired) electrons. The quantitative estimate of drug-likeness (QED) is 0.733. The van der Waals surface area contributed by atoms with Gasteiger partial charge in [-0.1, -0.05) is 39.3 Å². The van der Waals surface area contributed by atoms with Crippen LogP contribution in [-0.4, -0.2) is 51.0 Å². The van der Waals surface area contributed by atoms with Gasteiger partial charge >= 0.3 is 0 Å². The molecule has 1 aromatic rings. The zero-order chi connectivity index (χ0) is 18.1. The van der Waals surface area contributed by atoms with Gasteiger partial charge in [-0.3, -0.25) is 4.79 Å². The summed E-state index contributed by atoms with van der Waals surface area (Å²) < 4.78 is 5.43. The number of carbonyl (C=O) groups excluding carboxylic acids is 1. The molecule has 5 heteroatoms. The molecule has 0 bridgehead atoms. The van der Waals surface area contributed by atoms with Crippen LogP contribution in [0, 0.1) is 0 Å². The normalized spacial score (nSPS) is 9.22. The van der Waals surface area contributed by atoms with E-state index in [2.05, 4.69) is 23.8 Å². The number of hydrogen-bond donors (Lipinski definition) is 1. The van der Waals surface area contributed by atoms with Gasteiger partial charge in [-0.15, -0.1) is 11.6 Å². The number of nitrogens with zero attached hydrogens (tertiary/aromatic N) is 1. The molecule has 1 aromatic carbocycles. The highest BCUT2D eigenvalue weighted by Crippen LogP contribution is 2.13. The molecule has 0 fully saturated rings. The van der Waals surface area contributed by atoms with Gasteiger partial charge in [0.2, 0.25) is 0 Å². The minimum Gasteiger partial charge on any atom is -0.484 e. The highest BCUT2D eigenvalue weighted by atomic mass is 35.5. The fraction of sp³-hybridized carbons (Fsp3) is 0.611. The zero-order valence-corrected chi connectivity index (χ0v) is 16.2. The monoisotopic (exact) mass is 344 g/mol. The summed E-state index contributed by atoms with van der Waals surface area (Å²) in [5.74, 6) is 0.655. The summed E-state index contributed by atoms with van der Waals surface area (Å²) in [5, 5.41) is 2.81. The molecule has 0 aliphatic heterocycles. The summed E-state index contributed by atoms with van der Waals surface area (Å²) in [7, 11) is 3.95. The summed E-state index contributed by atoms with van der Waals surface area (Å²) in [6.45, 7) is 7.70. The summed E-state index contributed by atoms with van der Waals surface area (Å²) in [5.41, 5.74) is 1.30. The van der Waals surface area contributed by atoms with Crippen LogP contribution in [0.4, 0.5) is 0 Å². The first kappa shape index (κ1) is 24.0. The standard InChI is InChI=1S/C15H24N2O2.C2H6.CH3Cl/c1-4-5-13-6-8-14(9-7-13)19-12-15(18)16-10-11-17(2)3;2*1-2/h6-9H,4-5,10-12H2,1-3H3,(H,16,18);1-2H3;1H3. The molecule has 0 aromatic heterocycles.